The van der Waals surface area contributed by atoms with E-state index in [2.05, 4.69) is 9.97 Å². The third kappa shape index (κ3) is 4.03. The summed E-state index contributed by atoms with van der Waals surface area (Å²) in [5.74, 6) is 0.170. The molecule has 0 aliphatic heterocycles. The summed E-state index contributed by atoms with van der Waals surface area (Å²) in [6.45, 7) is 5.12. The third-order valence-corrected chi connectivity index (χ3v) is 4.36. The summed E-state index contributed by atoms with van der Waals surface area (Å²) in [4.78, 5) is 32.9. The van der Waals surface area contributed by atoms with E-state index in [1.54, 1.807) is 17.0 Å². The summed E-state index contributed by atoms with van der Waals surface area (Å²) in [7, 11) is 0. The van der Waals surface area contributed by atoms with Crippen molar-refractivity contribution < 1.29 is 4.79 Å². The molecule has 1 aromatic carbocycles. The summed E-state index contributed by atoms with van der Waals surface area (Å²) < 4.78 is 0. The van der Waals surface area contributed by atoms with E-state index in [4.69, 9.17) is 0 Å². The number of nitrogens with zero attached hydrogens (tertiary/aromatic N) is 3. The number of benzene rings is 1. The first-order valence-corrected chi connectivity index (χ1v) is 8.59. The number of aromatic nitrogens is 2. The molecule has 2 aromatic rings. The van der Waals surface area contributed by atoms with Gasteiger partial charge in [-0.25, -0.2) is 4.98 Å². The second kappa shape index (κ2) is 8.31. The number of nitriles is 1. The monoisotopic (exact) mass is 342 g/mol. The maximum Gasteiger partial charge on any atom is 0.270 e. The van der Waals surface area contributed by atoms with Gasteiger partial charge in [0, 0.05) is 18.7 Å². The quantitative estimate of drug-likeness (QED) is 0.642. The highest BCUT2D eigenvalue weighted by molar-refractivity contribution is 7.99. The van der Waals surface area contributed by atoms with Gasteiger partial charge in [0.15, 0.2) is 5.16 Å². The van der Waals surface area contributed by atoms with Crippen LogP contribution in [0, 0.1) is 11.3 Å². The number of carbonyl (C=O) groups is 1. The fourth-order valence-corrected chi connectivity index (χ4v) is 2.99. The lowest BCUT2D eigenvalue weighted by Crippen LogP contribution is -2.32. The highest BCUT2D eigenvalue weighted by Gasteiger charge is 2.15. The Morgan fingerprint density at radius 3 is 2.54 bits per heavy atom. The summed E-state index contributed by atoms with van der Waals surface area (Å²) in [5.41, 5.74) is 0.501. The fraction of sp³-hybridized carbons (Fsp3) is 0.294. The van der Waals surface area contributed by atoms with Crippen LogP contribution in [0.2, 0.25) is 0 Å². The molecule has 2 rings (SSSR count). The molecule has 0 fully saturated rings. The number of amides is 1. The summed E-state index contributed by atoms with van der Waals surface area (Å²) >= 11 is 1.16. The number of carbonyl (C=O) groups excluding carboxylic acids is 1. The molecule has 24 heavy (non-hydrogen) atoms. The minimum Gasteiger partial charge on any atom is -0.343 e. The van der Waals surface area contributed by atoms with Crippen molar-refractivity contribution in [1.29, 1.82) is 5.26 Å². The molecule has 7 heteroatoms. The Bertz CT molecular complexity index is 808. The number of rotatable bonds is 6. The molecule has 1 heterocycles. The Hall–Kier alpha value is -2.59. The lowest BCUT2D eigenvalue weighted by Gasteiger charge is -2.18. The maximum absolute atomic E-state index is 12.1. The van der Waals surface area contributed by atoms with E-state index in [0.717, 1.165) is 11.8 Å². The minimum absolute atomic E-state index is 0.0155. The highest BCUT2D eigenvalue weighted by Crippen LogP contribution is 2.21. The molecule has 1 aromatic heterocycles. The van der Waals surface area contributed by atoms with Gasteiger partial charge >= 0.3 is 0 Å². The zero-order valence-corrected chi connectivity index (χ0v) is 14.4. The molecule has 6 nitrogen and oxygen atoms in total. The molecule has 1 amide bonds. The maximum atomic E-state index is 12.1. The number of H-pyrrole nitrogens is 1. The van der Waals surface area contributed by atoms with E-state index >= 15 is 0 Å². The number of nitrogens with one attached hydrogen (secondary N) is 1. The molecule has 0 aliphatic rings. The van der Waals surface area contributed by atoms with Gasteiger partial charge in [-0.2, -0.15) is 5.26 Å². The van der Waals surface area contributed by atoms with Crippen LogP contribution in [0.5, 0.6) is 0 Å². The second-order valence-corrected chi connectivity index (χ2v) is 5.89. The summed E-state index contributed by atoms with van der Waals surface area (Å²) in [6.07, 6.45) is 0. The predicted octanol–water partition coefficient (Wildman–Crippen LogP) is 2.27. The summed E-state index contributed by atoms with van der Waals surface area (Å²) in [6, 6.07) is 11.0. The Balaban J connectivity index is 2.30. The molecule has 0 atom stereocenters. The first kappa shape index (κ1) is 17.8. The van der Waals surface area contributed by atoms with E-state index in [0.29, 0.717) is 29.5 Å². The van der Waals surface area contributed by atoms with Crippen LogP contribution in [0.25, 0.3) is 11.3 Å². The molecular formula is C17H18N4O2S. The van der Waals surface area contributed by atoms with Gasteiger partial charge in [-0.3, -0.25) is 9.59 Å². The van der Waals surface area contributed by atoms with E-state index < -0.39 is 5.56 Å². The molecular weight excluding hydrogens is 324 g/mol. The van der Waals surface area contributed by atoms with Crippen LogP contribution in [-0.2, 0) is 4.79 Å². The van der Waals surface area contributed by atoms with Gasteiger partial charge < -0.3 is 9.88 Å². The normalized spacial score (nSPS) is 10.2. The van der Waals surface area contributed by atoms with Crippen LogP contribution in [0.15, 0.2) is 40.3 Å². The van der Waals surface area contributed by atoms with Gasteiger partial charge in [-0.1, -0.05) is 42.1 Å². The number of hydrogen-bond acceptors (Lipinski definition) is 5. The van der Waals surface area contributed by atoms with Crippen LogP contribution in [0.3, 0.4) is 0 Å². The van der Waals surface area contributed by atoms with Crippen molar-refractivity contribution in [3.05, 3.63) is 46.2 Å². The lowest BCUT2D eigenvalue weighted by molar-refractivity contribution is -0.127. The average molecular weight is 342 g/mol. The molecule has 0 saturated heterocycles. The number of aromatic amines is 1. The molecule has 0 aliphatic carbocycles. The first-order valence-electron chi connectivity index (χ1n) is 7.61. The van der Waals surface area contributed by atoms with Gasteiger partial charge in [0.05, 0.1) is 11.4 Å². The van der Waals surface area contributed by atoms with Gasteiger partial charge in [-0.15, -0.1) is 0 Å². The lowest BCUT2D eigenvalue weighted by atomic mass is 10.1. The predicted molar refractivity (Wildman–Crippen MR) is 93.7 cm³/mol. The van der Waals surface area contributed by atoms with E-state index in [1.807, 2.05) is 38.1 Å². The van der Waals surface area contributed by atoms with Crippen molar-refractivity contribution >= 4 is 17.7 Å². The van der Waals surface area contributed by atoms with E-state index in [-0.39, 0.29) is 17.2 Å². The molecule has 124 valence electrons. The third-order valence-electron chi connectivity index (χ3n) is 3.51. The van der Waals surface area contributed by atoms with Crippen molar-refractivity contribution in [1.82, 2.24) is 14.9 Å². The Morgan fingerprint density at radius 1 is 1.29 bits per heavy atom. The Kier molecular flexibility index (Phi) is 6.15. The molecule has 0 saturated carbocycles. The molecule has 1 N–H and O–H groups in total. The van der Waals surface area contributed by atoms with Crippen molar-refractivity contribution in [2.45, 2.75) is 19.0 Å². The van der Waals surface area contributed by atoms with Gasteiger partial charge in [0.2, 0.25) is 5.91 Å². The molecule has 0 bridgehead atoms. The van der Waals surface area contributed by atoms with Crippen molar-refractivity contribution in [3.63, 3.8) is 0 Å². The van der Waals surface area contributed by atoms with Crippen LogP contribution in [0.1, 0.15) is 19.4 Å². The topological polar surface area (TPSA) is 89.8 Å². The molecule has 0 spiro atoms. The highest BCUT2D eigenvalue weighted by atomic mass is 32.2. The zero-order valence-electron chi connectivity index (χ0n) is 13.6. The van der Waals surface area contributed by atoms with Crippen molar-refractivity contribution in [2.75, 3.05) is 18.8 Å². The molecule has 0 unspecified atom stereocenters. The fourth-order valence-electron chi connectivity index (χ4n) is 2.23. The van der Waals surface area contributed by atoms with Crippen LogP contribution in [-0.4, -0.2) is 39.6 Å². The number of thioether (sulfide) groups is 1. The van der Waals surface area contributed by atoms with Crippen molar-refractivity contribution in [3.8, 4) is 17.3 Å². The van der Waals surface area contributed by atoms with Crippen LogP contribution in [0.4, 0.5) is 0 Å². The smallest absolute Gasteiger partial charge is 0.270 e. The van der Waals surface area contributed by atoms with Gasteiger partial charge in [0.1, 0.15) is 11.6 Å². The van der Waals surface area contributed by atoms with E-state index in [9.17, 15) is 14.9 Å². The van der Waals surface area contributed by atoms with Gasteiger partial charge in [-0.05, 0) is 13.8 Å². The average Bonchev–Trinajstić information content (AvgIpc) is 2.61. The van der Waals surface area contributed by atoms with E-state index in [1.165, 1.54) is 0 Å². The number of hydrogen-bond donors (Lipinski definition) is 1. The standard InChI is InChI=1S/C17H18N4O2S/c1-3-21(4-2)14(22)11-24-17-19-15(12-8-6-5-7-9-12)13(10-18)16(23)20-17/h5-9H,3-4,11H2,1-2H3,(H,19,20,23). The minimum atomic E-state index is -0.496. The van der Waals surface area contributed by atoms with Crippen LogP contribution >= 0.6 is 11.8 Å². The second-order valence-electron chi connectivity index (χ2n) is 4.93. The van der Waals surface area contributed by atoms with Crippen molar-refractivity contribution in [2.24, 2.45) is 0 Å². The van der Waals surface area contributed by atoms with Crippen LogP contribution < -0.4 is 5.56 Å². The molecule has 0 radical (unpaired) electrons. The summed E-state index contributed by atoms with van der Waals surface area (Å²) in [5, 5.41) is 9.56. The van der Waals surface area contributed by atoms with Gasteiger partial charge in [0.25, 0.3) is 5.56 Å². The largest absolute Gasteiger partial charge is 0.343 e. The Labute approximate surface area is 144 Å². The zero-order chi connectivity index (χ0) is 17.5. The SMILES string of the molecule is CCN(CC)C(=O)CSc1nc(-c2ccccc2)c(C#N)c(=O)[nH]1. The first-order chi connectivity index (χ1) is 11.6. The Morgan fingerprint density at radius 2 is 1.96 bits per heavy atom.